The maximum atomic E-state index is 12.3. The highest BCUT2D eigenvalue weighted by Crippen LogP contribution is 2.27. The van der Waals surface area contributed by atoms with Crippen molar-refractivity contribution in [3.63, 3.8) is 0 Å². The number of carbonyl (C=O) groups excluding carboxylic acids is 1. The molecule has 0 atom stereocenters. The van der Waals surface area contributed by atoms with Gasteiger partial charge in [0.05, 0.1) is 0 Å². The second-order valence-electron chi connectivity index (χ2n) is 10.6. The number of piperidine rings is 1. The highest BCUT2D eigenvalue weighted by molar-refractivity contribution is 7.98. The molecule has 0 spiro atoms. The Morgan fingerprint density at radius 1 is 1.14 bits per heavy atom. The largest absolute Gasteiger partial charge is 0.444 e. The van der Waals surface area contributed by atoms with E-state index in [9.17, 15) is 4.79 Å². The van der Waals surface area contributed by atoms with Crippen molar-refractivity contribution in [2.24, 2.45) is 5.92 Å². The summed E-state index contributed by atoms with van der Waals surface area (Å²) in [5, 5.41) is 8.87. The molecule has 1 aliphatic rings. The van der Waals surface area contributed by atoms with Gasteiger partial charge in [0, 0.05) is 54.5 Å². The number of aromatic nitrogens is 3. The lowest BCUT2D eigenvalue weighted by atomic mass is 9.97. The molecule has 0 unspecified atom stereocenters. The molecule has 8 nitrogen and oxygen atoms in total. The summed E-state index contributed by atoms with van der Waals surface area (Å²) in [6.45, 7) is 12.3. The zero-order valence-corrected chi connectivity index (χ0v) is 23.0. The minimum atomic E-state index is -0.464. The van der Waals surface area contributed by atoms with Crippen molar-refractivity contribution in [2.45, 2.75) is 64.3 Å². The molecular weight excluding hydrogens is 472 g/mol. The molecule has 0 aliphatic carbocycles. The van der Waals surface area contributed by atoms with Crippen LogP contribution in [0, 0.1) is 5.92 Å². The van der Waals surface area contributed by atoms with E-state index in [4.69, 9.17) is 4.74 Å². The van der Waals surface area contributed by atoms with Gasteiger partial charge in [0.25, 0.3) is 0 Å². The molecule has 3 heterocycles. The monoisotopic (exact) mass is 510 g/mol. The van der Waals surface area contributed by atoms with Crippen LogP contribution >= 0.6 is 11.8 Å². The lowest BCUT2D eigenvalue weighted by Gasteiger charge is -2.33. The highest BCUT2D eigenvalue weighted by atomic mass is 32.2. The van der Waals surface area contributed by atoms with Gasteiger partial charge < -0.3 is 24.8 Å². The maximum Gasteiger partial charge on any atom is 0.410 e. The van der Waals surface area contributed by atoms with Gasteiger partial charge in [-0.2, -0.15) is 0 Å². The molecule has 1 aromatic carbocycles. The molecule has 1 aliphatic heterocycles. The summed E-state index contributed by atoms with van der Waals surface area (Å²) in [5.41, 5.74) is 1.76. The Kier molecular flexibility index (Phi) is 7.97. The van der Waals surface area contributed by atoms with E-state index in [0.717, 1.165) is 49.8 Å². The molecule has 2 aromatic heterocycles. The number of likely N-dealkylation sites (tertiary alicyclic amines) is 1. The molecule has 1 saturated heterocycles. The van der Waals surface area contributed by atoms with Gasteiger partial charge in [-0.1, -0.05) is 11.8 Å². The average Bonchev–Trinajstić information content (AvgIpc) is 3.25. The second kappa shape index (κ2) is 11.0. The summed E-state index contributed by atoms with van der Waals surface area (Å²) in [6, 6.07) is 10.9. The number of nitrogens with one attached hydrogen (secondary N) is 2. The molecular formula is C27H38N6O2S. The molecule has 1 amide bonds. The Hall–Kier alpha value is -2.94. The van der Waals surface area contributed by atoms with Gasteiger partial charge in [0.2, 0.25) is 0 Å². The van der Waals surface area contributed by atoms with Crippen molar-refractivity contribution in [3.05, 3.63) is 36.5 Å². The Bertz CT molecular complexity index is 1190. The maximum absolute atomic E-state index is 12.3. The number of benzene rings is 1. The molecule has 9 heteroatoms. The van der Waals surface area contributed by atoms with Gasteiger partial charge in [-0.05, 0) is 83.9 Å². The van der Waals surface area contributed by atoms with Crippen LogP contribution in [0.4, 0.5) is 22.1 Å². The highest BCUT2D eigenvalue weighted by Gasteiger charge is 2.26. The van der Waals surface area contributed by atoms with Crippen molar-refractivity contribution >= 4 is 46.1 Å². The molecule has 36 heavy (non-hydrogen) atoms. The number of ether oxygens (including phenoxy) is 1. The first-order chi connectivity index (χ1) is 17.1. The normalized spacial score (nSPS) is 14.9. The van der Waals surface area contributed by atoms with Crippen LogP contribution in [0.5, 0.6) is 0 Å². The van der Waals surface area contributed by atoms with E-state index in [2.05, 4.69) is 69.5 Å². The molecule has 0 saturated carbocycles. The summed E-state index contributed by atoms with van der Waals surface area (Å²) in [7, 11) is 0. The van der Waals surface area contributed by atoms with E-state index in [1.807, 2.05) is 38.0 Å². The van der Waals surface area contributed by atoms with Crippen LogP contribution in [0.3, 0.4) is 0 Å². The zero-order chi connectivity index (χ0) is 25.9. The quantitative estimate of drug-likeness (QED) is 0.276. The first-order valence-corrected chi connectivity index (χ1v) is 13.9. The fourth-order valence-corrected chi connectivity index (χ4v) is 4.79. The zero-order valence-electron chi connectivity index (χ0n) is 22.2. The fourth-order valence-electron chi connectivity index (χ4n) is 4.41. The SMILES string of the molecule is CSc1nc(NCC2CCN(C(=O)OC(C)(C)C)CC2)cc(Nc2ccc3c(ccn3C(C)C)c2)n1. The number of fused-ring (bicyclic) bond motifs is 1. The van der Waals surface area contributed by atoms with E-state index in [1.54, 1.807) is 0 Å². The van der Waals surface area contributed by atoms with Crippen molar-refractivity contribution in [2.75, 3.05) is 36.5 Å². The summed E-state index contributed by atoms with van der Waals surface area (Å²) in [4.78, 5) is 23.4. The molecule has 0 bridgehead atoms. The van der Waals surface area contributed by atoms with Crippen molar-refractivity contribution in [1.29, 1.82) is 0 Å². The van der Waals surface area contributed by atoms with Crippen LogP contribution in [0.2, 0.25) is 0 Å². The summed E-state index contributed by atoms with van der Waals surface area (Å²) in [6.07, 6.45) is 5.77. The Morgan fingerprint density at radius 2 is 1.86 bits per heavy atom. The van der Waals surface area contributed by atoms with Gasteiger partial charge in [0.1, 0.15) is 17.2 Å². The molecule has 194 valence electrons. The predicted octanol–water partition coefficient (Wildman–Crippen LogP) is 6.54. The smallest absolute Gasteiger partial charge is 0.410 e. The molecule has 2 N–H and O–H groups in total. The summed E-state index contributed by atoms with van der Waals surface area (Å²) in [5.74, 6) is 2.04. The van der Waals surface area contributed by atoms with Crippen molar-refractivity contribution in [3.8, 4) is 0 Å². The van der Waals surface area contributed by atoms with Crippen molar-refractivity contribution in [1.82, 2.24) is 19.4 Å². The first kappa shape index (κ1) is 26.1. The Balaban J connectivity index is 1.37. The molecule has 1 fully saturated rings. The van der Waals surface area contributed by atoms with E-state index in [0.29, 0.717) is 17.1 Å². The van der Waals surface area contributed by atoms with Crippen LogP contribution in [-0.4, -0.2) is 57.0 Å². The third kappa shape index (κ3) is 6.63. The minimum absolute atomic E-state index is 0.219. The number of anilines is 3. The fraction of sp³-hybridized carbons (Fsp3) is 0.519. The molecule has 3 aromatic rings. The summed E-state index contributed by atoms with van der Waals surface area (Å²) < 4.78 is 7.78. The number of amides is 1. The number of nitrogens with zero attached hydrogens (tertiary/aromatic N) is 4. The van der Waals surface area contributed by atoms with Gasteiger partial charge in [-0.25, -0.2) is 14.8 Å². The minimum Gasteiger partial charge on any atom is -0.444 e. The summed E-state index contributed by atoms with van der Waals surface area (Å²) >= 11 is 1.52. The number of hydrogen-bond acceptors (Lipinski definition) is 7. The standard InChI is InChI=1S/C27H38N6O2S/c1-18(2)33-14-11-20-15-21(7-8-22(20)33)29-24-16-23(30-25(31-24)36-6)28-17-19-9-12-32(13-10-19)26(34)35-27(3,4)5/h7-8,11,14-16,18-19H,9-10,12-13,17H2,1-6H3,(H2,28,29,30,31). The van der Waals surface area contributed by atoms with Crippen LogP contribution in [0.25, 0.3) is 10.9 Å². The topological polar surface area (TPSA) is 84.3 Å². The Morgan fingerprint density at radius 3 is 2.53 bits per heavy atom. The van der Waals surface area contributed by atoms with Gasteiger partial charge in [-0.15, -0.1) is 0 Å². The molecule has 4 rings (SSSR count). The Labute approximate surface area is 218 Å². The van der Waals surface area contributed by atoms with Gasteiger partial charge >= 0.3 is 6.09 Å². The van der Waals surface area contributed by atoms with Crippen LogP contribution in [0.15, 0.2) is 41.7 Å². The van der Waals surface area contributed by atoms with E-state index >= 15 is 0 Å². The third-order valence-corrected chi connectivity index (χ3v) is 6.82. The van der Waals surface area contributed by atoms with Crippen LogP contribution in [0.1, 0.15) is 53.5 Å². The van der Waals surface area contributed by atoms with Crippen LogP contribution < -0.4 is 10.6 Å². The van der Waals surface area contributed by atoms with Crippen molar-refractivity contribution < 1.29 is 9.53 Å². The lowest BCUT2D eigenvalue weighted by molar-refractivity contribution is 0.0188. The van der Waals surface area contributed by atoms with Gasteiger partial charge in [0.15, 0.2) is 5.16 Å². The van der Waals surface area contributed by atoms with E-state index < -0.39 is 5.60 Å². The number of hydrogen-bond donors (Lipinski definition) is 2. The van der Waals surface area contributed by atoms with Crippen LogP contribution in [-0.2, 0) is 4.74 Å². The third-order valence-electron chi connectivity index (χ3n) is 6.28. The molecule has 0 radical (unpaired) electrons. The first-order valence-electron chi connectivity index (χ1n) is 12.6. The average molecular weight is 511 g/mol. The number of rotatable bonds is 7. The number of thioether (sulfide) groups is 1. The number of carbonyl (C=O) groups is 1. The predicted molar refractivity (Wildman–Crippen MR) is 148 cm³/mol. The van der Waals surface area contributed by atoms with E-state index in [1.165, 1.54) is 22.7 Å². The van der Waals surface area contributed by atoms with E-state index in [-0.39, 0.29) is 6.09 Å². The van der Waals surface area contributed by atoms with Gasteiger partial charge in [-0.3, -0.25) is 0 Å². The second-order valence-corrected chi connectivity index (χ2v) is 11.4. The lowest BCUT2D eigenvalue weighted by Crippen LogP contribution is -2.42.